The van der Waals surface area contributed by atoms with Crippen LogP contribution in [0, 0.1) is 0 Å². The minimum absolute atomic E-state index is 0.0201. The summed E-state index contributed by atoms with van der Waals surface area (Å²) in [7, 11) is -3.85. The lowest BCUT2D eigenvalue weighted by atomic mass is 10.4. The third kappa shape index (κ3) is 3.12. The molecule has 0 saturated carbocycles. The molecule has 22 heavy (non-hydrogen) atoms. The Balaban J connectivity index is 1.87. The molecule has 3 rings (SSSR count). The van der Waals surface area contributed by atoms with Gasteiger partial charge in [-0.1, -0.05) is 18.2 Å². The molecule has 0 atom stereocenters. The van der Waals surface area contributed by atoms with E-state index in [-0.39, 0.29) is 10.1 Å². The maximum Gasteiger partial charge on any atom is 0.284 e. The molecule has 6 nitrogen and oxygen atoms in total. The Labute approximate surface area is 131 Å². The molecule has 112 valence electrons. The van der Waals surface area contributed by atoms with Crippen molar-refractivity contribution in [2.45, 2.75) is 4.90 Å². The number of rotatable bonds is 3. The highest BCUT2D eigenvalue weighted by molar-refractivity contribution is 8.19. The number of carbonyl (C=O) groups excluding carboxylic acids is 1. The van der Waals surface area contributed by atoms with E-state index in [9.17, 15) is 13.2 Å². The molecule has 1 aliphatic heterocycles. The zero-order valence-electron chi connectivity index (χ0n) is 11.1. The molecule has 0 unspecified atom stereocenters. The fourth-order valence-corrected chi connectivity index (χ4v) is 3.71. The number of thioether (sulfide) groups is 1. The molecule has 2 heterocycles. The fraction of sp³-hybridized carbons (Fsp3) is 0. The molecule has 0 aliphatic carbocycles. The van der Waals surface area contributed by atoms with Gasteiger partial charge in [0.2, 0.25) is 0 Å². The lowest BCUT2D eigenvalue weighted by Crippen LogP contribution is -2.20. The van der Waals surface area contributed by atoms with E-state index >= 15 is 0 Å². The van der Waals surface area contributed by atoms with Gasteiger partial charge < -0.3 is 4.42 Å². The highest BCUT2D eigenvalue weighted by Crippen LogP contribution is 2.27. The number of carbonyl (C=O) groups is 1. The molecule has 0 bridgehead atoms. The van der Waals surface area contributed by atoms with Crippen LogP contribution in [-0.2, 0) is 14.8 Å². The van der Waals surface area contributed by atoms with E-state index in [2.05, 4.69) is 9.71 Å². The minimum Gasteiger partial charge on any atom is -0.465 e. The van der Waals surface area contributed by atoms with Crippen LogP contribution in [-0.4, -0.2) is 19.5 Å². The van der Waals surface area contributed by atoms with Gasteiger partial charge in [-0.15, -0.1) is 4.40 Å². The van der Waals surface area contributed by atoms with Gasteiger partial charge in [0.05, 0.1) is 16.1 Å². The Bertz CT molecular complexity index is 854. The second kappa shape index (κ2) is 5.82. The van der Waals surface area contributed by atoms with Gasteiger partial charge in [0.1, 0.15) is 5.76 Å². The second-order valence-corrected chi connectivity index (χ2v) is 6.90. The lowest BCUT2D eigenvalue weighted by molar-refractivity contribution is -0.115. The molecule has 1 aromatic heterocycles. The summed E-state index contributed by atoms with van der Waals surface area (Å²) in [6.45, 7) is 0. The first kappa shape index (κ1) is 14.6. The molecule has 1 fully saturated rings. The van der Waals surface area contributed by atoms with E-state index in [0.29, 0.717) is 10.7 Å². The maximum atomic E-state index is 12.1. The number of hydrogen-bond acceptors (Lipinski definition) is 5. The molecule has 0 spiro atoms. The van der Waals surface area contributed by atoms with Gasteiger partial charge in [-0.25, -0.2) is 0 Å². The van der Waals surface area contributed by atoms with Crippen LogP contribution in [0.1, 0.15) is 5.76 Å². The van der Waals surface area contributed by atoms with E-state index in [1.54, 1.807) is 30.3 Å². The Morgan fingerprint density at radius 1 is 1.14 bits per heavy atom. The molecule has 1 saturated heterocycles. The monoisotopic (exact) mass is 334 g/mol. The molecular weight excluding hydrogens is 324 g/mol. The van der Waals surface area contributed by atoms with Gasteiger partial charge in [0.25, 0.3) is 15.9 Å². The number of sulfonamides is 1. The van der Waals surface area contributed by atoms with E-state index in [0.717, 1.165) is 11.8 Å². The third-order valence-corrected chi connectivity index (χ3v) is 5.03. The van der Waals surface area contributed by atoms with E-state index in [4.69, 9.17) is 4.42 Å². The molecule has 8 heteroatoms. The summed E-state index contributed by atoms with van der Waals surface area (Å²) in [6.07, 6.45) is 3.01. The van der Waals surface area contributed by atoms with Gasteiger partial charge in [-0.3, -0.25) is 10.1 Å². The minimum atomic E-state index is -3.85. The van der Waals surface area contributed by atoms with Crippen LogP contribution in [0.4, 0.5) is 0 Å². The number of nitrogens with one attached hydrogen (secondary N) is 1. The van der Waals surface area contributed by atoms with Crippen molar-refractivity contribution in [3.8, 4) is 0 Å². The number of amidine groups is 1. The van der Waals surface area contributed by atoms with E-state index in [1.807, 2.05) is 0 Å². The Hall–Kier alpha value is -2.32. The normalized spacial score (nSPS) is 18.8. The summed E-state index contributed by atoms with van der Waals surface area (Å²) in [5, 5.41) is 2.45. The van der Waals surface area contributed by atoms with Crippen molar-refractivity contribution in [2.75, 3.05) is 0 Å². The van der Waals surface area contributed by atoms with Crippen molar-refractivity contribution < 1.29 is 17.6 Å². The van der Waals surface area contributed by atoms with Crippen molar-refractivity contribution in [3.05, 3.63) is 59.4 Å². The van der Waals surface area contributed by atoms with Crippen LogP contribution in [0.2, 0.25) is 0 Å². The molecule has 1 N–H and O–H groups in total. The van der Waals surface area contributed by atoms with E-state index in [1.165, 1.54) is 24.5 Å². The third-order valence-electron chi connectivity index (χ3n) is 2.71. The maximum absolute atomic E-state index is 12.1. The van der Waals surface area contributed by atoms with Crippen molar-refractivity contribution >= 4 is 38.9 Å². The highest BCUT2D eigenvalue weighted by atomic mass is 32.2. The first-order chi connectivity index (χ1) is 10.5. The predicted molar refractivity (Wildman–Crippen MR) is 83.5 cm³/mol. The molecule has 1 amide bonds. The van der Waals surface area contributed by atoms with Crippen molar-refractivity contribution in [2.24, 2.45) is 4.40 Å². The van der Waals surface area contributed by atoms with Gasteiger partial charge in [0.15, 0.2) is 5.17 Å². The number of amides is 1. The summed E-state index contributed by atoms with van der Waals surface area (Å²) < 4.78 is 33.0. The summed E-state index contributed by atoms with van der Waals surface area (Å²) in [5.74, 6) is 0.0910. The van der Waals surface area contributed by atoms with Gasteiger partial charge in [-0.05, 0) is 36.0 Å². The highest BCUT2D eigenvalue weighted by Gasteiger charge is 2.26. The second-order valence-electron chi connectivity index (χ2n) is 4.26. The van der Waals surface area contributed by atoms with Crippen LogP contribution in [0.25, 0.3) is 6.08 Å². The molecule has 0 radical (unpaired) electrons. The van der Waals surface area contributed by atoms with Gasteiger partial charge in [-0.2, -0.15) is 8.42 Å². The topological polar surface area (TPSA) is 88.7 Å². The largest absolute Gasteiger partial charge is 0.465 e. The van der Waals surface area contributed by atoms with Crippen LogP contribution < -0.4 is 5.32 Å². The van der Waals surface area contributed by atoms with Crippen molar-refractivity contribution in [1.29, 1.82) is 0 Å². The first-order valence-electron chi connectivity index (χ1n) is 6.19. The Morgan fingerprint density at radius 3 is 2.59 bits per heavy atom. The van der Waals surface area contributed by atoms with Crippen molar-refractivity contribution in [1.82, 2.24) is 5.32 Å². The average Bonchev–Trinajstić information content (AvgIpc) is 3.11. The first-order valence-corrected chi connectivity index (χ1v) is 8.45. The fourth-order valence-electron chi connectivity index (χ4n) is 1.73. The quantitative estimate of drug-likeness (QED) is 0.870. The molecule has 1 aromatic carbocycles. The van der Waals surface area contributed by atoms with Crippen LogP contribution in [0.5, 0.6) is 0 Å². The van der Waals surface area contributed by atoms with Crippen LogP contribution in [0.15, 0.2) is 67.3 Å². The van der Waals surface area contributed by atoms with Crippen molar-refractivity contribution in [3.63, 3.8) is 0 Å². The Morgan fingerprint density at radius 2 is 1.91 bits per heavy atom. The molecule has 1 aliphatic rings. The van der Waals surface area contributed by atoms with E-state index < -0.39 is 15.9 Å². The standard InChI is InChI=1S/C14H10N2O4S2/c17-13-12(9-10-5-4-8-20-10)21-14(15-13)16-22(18,19)11-6-2-1-3-7-11/h1-9H,(H,15,16,17)/b12-9+. The smallest absolute Gasteiger partial charge is 0.284 e. The molecular formula is C14H10N2O4S2. The number of hydrogen-bond donors (Lipinski definition) is 1. The summed E-state index contributed by atoms with van der Waals surface area (Å²) >= 11 is 0.950. The van der Waals surface area contributed by atoms with Gasteiger partial charge >= 0.3 is 0 Å². The van der Waals surface area contributed by atoms with Crippen LogP contribution >= 0.6 is 11.8 Å². The zero-order valence-corrected chi connectivity index (χ0v) is 12.7. The average molecular weight is 334 g/mol. The van der Waals surface area contributed by atoms with Crippen LogP contribution in [0.3, 0.4) is 0 Å². The zero-order chi connectivity index (χ0) is 15.6. The number of benzene rings is 1. The SMILES string of the molecule is O=C1NC(=NS(=O)(=O)c2ccccc2)S/C1=C/c1ccco1. The van der Waals surface area contributed by atoms with Gasteiger partial charge in [0, 0.05) is 6.08 Å². The lowest BCUT2D eigenvalue weighted by Gasteiger charge is -1.98. The Kier molecular flexibility index (Phi) is 3.86. The summed E-state index contributed by atoms with van der Waals surface area (Å²) in [4.78, 5) is 12.2. The summed E-state index contributed by atoms with van der Waals surface area (Å²) in [5.41, 5.74) is 0. The predicted octanol–water partition coefficient (Wildman–Crippen LogP) is 2.23. The summed E-state index contributed by atoms with van der Waals surface area (Å²) in [6, 6.07) is 11.2. The number of nitrogens with zero attached hydrogens (tertiary/aromatic N) is 1. The molecule has 2 aromatic rings. The number of furan rings is 1.